The minimum atomic E-state index is -0.455. The van der Waals surface area contributed by atoms with E-state index < -0.39 is 5.72 Å². The molecule has 1 aromatic rings. The zero-order valence-electron chi connectivity index (χ0n) is 11.1. The van der Waals surface area contributed by atoms with E-state index in [4.69, 9.17) is 4.74 Å². The largest absolute Gasteiger partial charge is 0.346 e. The van der Waals surface area contributed by atoms with Gasteiger partial charge in [0, 0.05) is 12.2 Å². The fourth-order valence-corrected chi connectivity index (χ4v) is 3.68. The highest BCUT2D eigenvalue weighted by Gasteiger charge is 2.53. The zero-order chi connectivity index (χ0) is 13.5. The van der Waals surface area contributed by atoms with Crippen LogP contribution in [0.1, 0.15) is 37.9 Å². The van der Waals surface area contributed by atoms with Gasteiger partial charge in [-0.1, -0.05) is 30.3 Å². The highest BCUT2D eigenvalue weighted by atomic mass is 32.1. The molecular weight excluding hydrogens is 258 g/mol. The molecule has 2 aliphatic heterocycles. The van der Waals surface area contributed by atoms with Crippen molar-refractivity contribution >= 4 is 18.5 Å². The van der Waals surface area contributed by atoms with Crippen molar-refractivity contribution in [2.45, 2.75) is 44.1 Å². The summed E-state index contributed by atoms with van der Waals surface area (Å²) in [7, 11) is 0. The molecular formula is C15H19NO2S. The number of carbonyl (C=O) groups is 1. The van der Waals surface area contributed by atoms with E-state index in [1.807, 2.05) is 30.0 Å². The van der Waals surface area contributed by atoms with Gasteiger partial charge in [-0.2, -0.15) is 12.6 Å². The summed E-state index contributed by atoms with van der Waals surface area (Å²) in [5.41, 5.74) is 0.674. The number of thiol groups is 1. The minimum absolute atomic E-state index is 0.0310. The lowest BCUT2D eigenvalue weighted by molar-refractivity contribution is -0.159. The Balaban J connectivity index is 1.97. The number of amides is 1. The van der Waals surface area contributed by atoms with Crippen LogP contribution in [0.5, 0.6) is 0 Å². The number of benzene rings is 1. The van der Waals surface area contributed by atoms with Crippen molar-refractivity contribution in [3.05, 3.63) is 35.9 Å². The fourth-order valence-electron chi connectivity index (χ4n) is 3.32. The van der Waals surface area contributed by atoms with Crippen LogP contribution in [0, 0.1) is 0 Å². The first kappa shape index (κ1) is 13.0. The second-order valence-electron chi connectivity index (χ2n) is 5.49. The molecule has 1 unspecified atom stereocenters. The quantitative estimate of drug-likeness (QED) is 0.842. The van der Waals surface area contributed by atoms with Crippen molar-refractivity contribution in [1.82, 2.24) is 4.90 Å². The molecule has 3 nitrogen and oxygen atoms in total. The maximum Gasteiger partial charge on any atom is 0.225 e. The lowest BCUT2D eigenvalue weighted by Crippen LogP contribution is -2.52. The highest BCUT2D eigenvalue weighted by Crippen LogP contribution is 2.46. The average Bonchev–Trinajstić information content (AvgIpc) is 2.74. The van der Waals surface area contributed by atoms with Crippen molar-refractivity contribution in [1.29, 1.82) is 0 Å². The number of ether oxygens (including phenoxy) is 1. The molecule has 3 rings (SSSR count). The van der Waals surface area contributed by atoms with Gasteiger partial charge in [-0.3, -0.25) is 4.79 Å². The molecule has 1 aromatic carbocycles. The Morgan fingerprint density at radius 1 is 1.42 bits per heavy atom. The number of rotatable bonds is 2. The van der Waals surface area contributed by atoms with E-state index >= 15 is 0 Å². The fraction of sp³-hybridized carbons (Fsp3) is 0.533. The van der Waals surface area contributed by atoms with Gasteiger partial charge in [0.1, 0.15) is 11.8 Å². The van der Waals surface area contributed by atoms with Crippen LogP contribution in [0.15, 0.2) is 30.3 Å². The molecule has 0 spiro atoms. The summed E-state index contributed by atoms with van der Waals surface area (Å²) in [6.45, 7) is 2.03. The minimum Gasteiger partial charge on any atom is -0.346 e. The molecule has 0 bridgehead atoms. The SMILES string of the molecule is C[C@]12CCCC(=O)N1[C@H](CS)C(c1ccccc1)O2. The van der Waals surface area contributed by atoms with Crippen molar-refractivity contribution in [3.63, 3.8) is 0 Å². The number of hydrogen-bond acceptors (Lipinski definition) is 3. The van der Waals surface area contributed by atoms with Crippen molar-refractivity contribution in [2.24, 2.45) is 0 Å². The first-order chi connectivity index (χ1) is 9.15. The van der Waals surface area contributed by atoms with Gasteiger partial charge >= 0.3 is 0 Å². The highest BCUT2D eigenvalue weighted by molar-refractivity contribution is 7.80. The Labute approximate surface area is 119 Å². The summed E-state index contributed by atoms with van der Waals surface area (Å²) >= 11 is 4.45. The number of piperidine rings is 1. The molecule has 2 heterocycles. The lowest BCUT2D eigenvalue weighted by atomic mass is 9.97. The van der Waals surface area contributed by atoms with Gasteiger partial charge in [0.05, 0.1) is 6.04 Å². The van der Waals surface area contributed by atoms with E-state index in [2.05, 4.69) is 24.8 Å². The molecule has 2 saturated heterocycles. The van der Waals surface area contributed by atoms with Crippen molar-refractivity contribution < 1.29 is 9.53 Å². The smallest absolute Gasteiger partial charge is 0.225 e. The van der Waals surface area contributed by atoms with Crippen LogP contribution in [0.25, 0.3) is 0 Å². The molecule has 102 valence electrons. The third-order valence-corrected chi connectivity index (χ3v) is 4.56. The molecule has 0 radical (unpaired) electrons. The summed E-state index contributed by atoms with van der Waals surface area (Å²) in [5, 5.41) is 0. The van der Waals surface area contributed by atoms with E-state index in [0.29, 0.717) is 12.2 Å². The van der Waals surface area contributed by atoms with Gasteiger partial charge in [0.25, 0.3) is 0 Å². The Morgan fingerprint density at radius 3 is 2.84 bits per heavy atom. The van der Waals surface area contributed by atoms with Crippen LogP contribution in [-0.2, 0) is 9.53 Å². The molecule has 2 fully saturated rings. The molecule has 19 heavy (non-hydrogen) atoms. The predicted molar refractivity (Wildman–Crippen MR) is 77.0 cm³/mol. The van der Waals surface area contributed by atoms with Crippen LogP contribution >= 0.6 is 12.6 Å². The van der Waals surface area contributed by atoms with Gasteiger partial charge in [-0.25, -0.2) is 0 Å². The Hall–Kier alpha value is -1.00. The third-order valence-electron chi connectivity index (χ3n) is 4.19. The first-order valence-electron chi connectivity index (χ1n) is 6.81. The molecule has 2 aliphatic rings. The predicted octanol–water partition coefficient (Wildman–Crippen LogP) is 2.79. The van der Waals surface area contributed by atoms with Gasteiger partial charge < -0.3 is 9.64 Å². The molecule has 3 atom stereocenters. The summed E-state index contributed by atoms with van der Waals surface area (Å²) in [5.74, 6) is 0.826. The molecule has 0 aromatic heterocycles. The topological polar surface area (TPSA) is 29.5 Å². The Kier molecular flexibility index (Phi) is 3.31. The van der Waals surface area contributed by atoms with Gasteiger partial charge in [0.15, 0.2) is 0 Å². The van der Waals surface area contributed by atoms with Crippen molar-refractivity contribution in [2.75, 3.05) is 5.75 Å². The monoisotopic (exact) mass is 277 g/mol. The molecule has 4 heteroatoms. The summed E-state index contributed by atoms with van der Waals surface area (Å²) in [4.78, 5) is 14.2. The summed E-state index contributed by atoms with van der Waals surface area (Å²) < 4.78 is 6.27. The summed E-state index contributed by atoms with van der Waals surface area (Å²) in [6.07, 6.45) is 2.38. The van der Waals surface area contributed by atoms with E-state index in [0.717, 1.165) is 18.4 Å². The van der Waals surface area contributed by atoms with Gasteiger partial charge in [-0.05, 0) is 25.3 Å². The Bertz CT molecular complexity index is 478. The number of fused-ring (bicyclic) bond motifs is 1. The van der Waals surface area contributed by atoms with Crippen LogP contribution in [0.2, 0.25) is 0 Å². The lowest BCUT2D eigenvalue weighted by Gasteiger charge is -2.39. The standard InChI is InChI=1S/C15H19NO2S/c1-15-9-5-8-13(17)16(15)12(10-19)14(18-15)11-6-3-2-4-7-11/h2-4,6-7,12,14,19H,5,8-10H2,1H3/t12-,14?,15+/m1/s1. The van der Waals surface area contributed by atoms with Crippen LogP contribution < -0.4 is 0 Å². The number of carbonyl (C=O) groups excluding carboxylic acids is 1. The van der Waals surface area contributed by atoms with Crippen molar-refractivity contribution in [3.8, 4) is 0 Å². The van der Waals surface area contributed by atoms with Crippen LogP contribution in [-0.4, -0.2) is 28.3 Å². The van der Waals surface area contributed by atoms with Gasteiger partial charge in [0.2, 0.25) is 5.91 Å². The first-order valence-corrected chi connectivity index (χ1v) is 7.45. The molecule has 0 aliphatic carbocycles. The normalized spacial score (nSPS) is 34.4. The van der Waals surface area contributed by atoms with E-state index in [1.165, 1.54) is 0 Å². The second kappa shape index (κ2) is 4.84. The number of hydrogen-bond donors (Lipinski definition) is 1. The summed E-state index contributed by atoms with van der Waals surface area (Å²) in [6, 6.07) is 10.2. The second-order valence-corrected chi connectivity index (χ2v) is 5.86. The van der Waals surface area contributed by atoms with E-state index in [-0.39, 0.29) is 18.1 Å². The van der Waals surface area contributed by atoms with Crippen LogP contribution in [0.4, 0.5) is 0 Å². The maximum absolute atomic E-state index is 12.2. The van der Waals surface area contributed by atoms with Crippen LogP contribution in [0.3, 0.4) is 0 Å². The maximum atomic E-state index is 12.2. The Morgan fingerprint density at radius 2 is 2.16 bits per heavy atom. The molecule has 0 saturated carbocycles. The van der Waals surface area contributed by atoms with E-state index in [1.54, 1.807) is 0 Å². The molecule has 1 amide bonds. The van der Waals surface area contributed by atoms with Gasteiger partial charge in [-0.15, -0.1) is 0 Å². The van der Waals surface area contributed by atoms with E-state index in [9.17, 15) is 4.79 Å². The third kappa shape index (κ3) is 2.07. The molecule has 0 N–H and O–H groups in total. The zero-order valence-corrected chi connectivity index (χ0v) is 12.0. The number of nitrogens with zero attached hydrogens (tertiary/aromatic N) is 1. The average molecular weight is 277 g/mol.